The van der Waals surface area contributed by atoms with E-state index in [2.05, 4.69) is 20.4 Å². The summed E-state index contributed by atoms with van der Waals surface area (Å²) in [5, 5.41) is 7.28. The smallest absolute Gasteiger partial charge is 0.251 e. The molecule has 0 spiro atoms. The van der Waals surface area contributed by atoms with Crippen molar-refractivity contribution in [1.29, 1.82) is 0 Å². The number of benzene rings is 2. The summed E-state index contributed by atoms with van der Waals surface area (Å²) in [7, 11) is 1.62. The van der Waals surface area contributed by atoms with Gasteiger partial charge in [0.15, 0.2) is 5.65 Å². The van der Waals surface area contributed by atoms with E-state index in [0.29, 0.717) is 5.56 Å². The summed E-state index contributed by atoms with van der Waals surface area (Å²) in [4.78, 5) is 21.0. The second kappa shape index (κ2) is 7.84. The van der Waals surface area contributed by atoms with E-state index in [1.807, 2.05) is 77.4 Å². The molecular formula is C25H19N5O. The first-order chi connectivity index (χ1) is 15.2. The second-order valence-electron chi connectivity index (χ2n) is 7.11. The Labute approximate surface area is 179 Å². The van der Waals surface area contributed by atoms with E-state index in [-0.39, 0.29) is 5.91 Å². The van der Waals surface area contributed by atoms with Crippen LogP contribution in [0.2, 0.25) is 0 Å². The first kappa shape index (κ1) is 18.7. The highest BCUT2D eigenvalue weighted by Crippen LogP contribution is 2.27. The zero-order valence-corrected chi connectivity index (χ0v) is 16.9. The maximum absolute atomic E-state index is 12.0. The van der Waals surface area contributed by atoms with Gasteiger partial charge in [-0.05, 0) is 35.9 Å². The van der Waals surface area contributed by atoms with Crippen LogP contribution in [0.25, 0.3) is 39.3 Å². The molecule has 2 aromatic carbocycles. The number of hydrogen-bond acceptors (Lipinski definition) is 4. The molecule has 0 aliphatic carbocycles. The van der Waals surface area contributed by atoms with Crippen LogP contribution in [0.4, 0.5) is 0 Å². The lowest BCUT2D eigenvalue weighted by Gasteiger charge is -2.07. The quantitative estimate of drug-likeness (QED) is 0.478. The van der Waals surface area contributed by atoms with Gasteiger partial charge in [0.05, 0.1) is 23.8 Å². The van der Waals surface area contributed by atoms with Crippen molar-refractivity contribution < 1.29 is 4.79 Å². The second-order valence-corrected chi connectivity index (χ2v) is 7.11. The summed E-state index contributed by atoms with van der Waals surface area (Å²) >= 11 is 0. The molecule has 0 radical (unpaired) electrons. The Morgan fingerprint density at radius 2 is 1.65 bits per heavy atom. The molecule has 6 nitrogen and oxygen atoms in total. The fourth-order valence-corrected chi connectivity index (χ4v) is 3.57. The van der Waals surface area contributed by atoms with Crippen LogP contribution in [-0.2, 0) is 0 Å². The number of rotatable bonds is 4. The summed E-state index contributed by atoms with van der Waals surface area (Å²) in [6.45, 7) is 0. The van der Waals surface area contributed by atoms with Gasteiger partial charge < -0.3 is 5.32 Å². The van der Waals surface area contributed by atoms with Crippen molar-refractivity contribution in [3.05, 3.63) is 97.0 Å². The zero-order chi connectivity index (χ0) is 21.2. The van der Waals surface area contributed by atoms with Crippen LogP contribution in [0.5, 0.6) is 0 Å². The maximum atomic E-state index is 12.0. The summed E-state index contributed by atoms with van der Waals surface area (Å²) in [6.07, 6.45) is 5.41. The highest BCUT2D eigenvalue weighted by Gasteiger charge is 2.11. The fraction of sp³-hybridized carbons (Fsp3) is 0.0400. The van der Waals surface area contributed by atoms with Gasteiger partial charge in [-0.25, -0.2) is 9.50 Å². The molecule has 1 N–H and O–H groups in total. The van der Waals surface area contributed by atoms with E-state index in [0.717, 1.165) is 39.3 Å². The van der Waals surface area contributed by atoms with Crippen molar-refractivity contribution in [2.24, 2.45) is 0 Å². The number of hydrogen-bond donors (Lipinski definition) is 1. The minimum atomic E-state index is -0.120. The Bertz CT molecular complexity index is 1390. The molecule has 5 rings (SSSR count). The molecule has 0 saturated carbocycles. The number of carbonyl (C=O) groups is 1. The van der Waals surface area contributed by atoms with E-state index >= 15 is 0 Å². The average Bonchev–Trinajstić information content (AvgIpc) is 3.27. The lowest BCUT2D eigenvalue weighted by Crippen LogP contribution is -2.17. The van der Waals surface area contributed by atoms with E-state index < -0.39 is 0 Å². The lowest BCUT2D eigenvalue weighted by molar-refractivity contribution is 0.0963. The van der Waals surface area contributed by atoms with E-state index in [1.165, 1.54) is 0 Å². The van der Waals surface area contributed by atoms with Gasteiger partial charge in [0.25, 0.3) is 5.91 Å². The molecule has 6 heteroatoms. The number of fused-ring (bicyclic) bond motifs is 1. The molecule has 3 heterocycles. The molecule has 3 aromatic heterocycles. The van der Waals surface area contributed by atoms with E-state index in [1.54, 1.807) is 25.5 Å². The van der Waals surface area contributed by atoms with Gasteiger partial charge in [-0.15, -0.1) is 0 Å². The number of carbonyl (C=O) groups excluding carboxylic acids is 1. The molecule has 31 heavy (non-hydrogen) atoms. The standard InChI is InChI=1S/C25H19N5O/c1-26-25(31)20-9-5-8-18(12-20)21-14-24-28-16-23(30(24)29-15-21)19-10-11-27-22(13-19)17-6-3-2-4-7-17/h2-16H,1H3,(H,26,31). The lowest BCUT2D eigenvalue weighted by atomic mass is 10.0. The third kappa shape index (κ3) is 3.55. The summed E-state index contributed by atoms with van der Waals surface area (Å²) < 4.78 is 1.82. The Morgan fingerprint density at radius 3 is 2.48 bits per heavy atom. The van der Waals surface area contributed by atoms with Crippen molar-refractivity contribution in [2.75, 3.05) is 7.05 Å². The number of amides is 1. The molecule has 1 amide bonds. The van der Waals surface area contributed by atoms with Crippen LogP contribution in [0.3, 0.4) is 0 Å². The van der Waals surface area contributed by atoms with Crippen molar-refractivity contribution in [3.63, 3.8) is 0 Å². The van der Waals surface area contributed by atoms with Crippen LogP contribution in [0.1, 0.15) is 10.4 Å². The molecular weight excluding hydrogens is 386 g/mol. The third-order valence-electron chi connectivity index (χ3n) is 5.17. The number of imidazole rings is 1. The normalized spacial score (nSPS) is 10.9. The predicted molar refractivity (Wildman–Crippen MR) is 120 cm³/mol. The fourth-order valence-electron chi connectivity index (χ4n) is 3.57. The number of nitrogens with one attached hydrogen (secondary N) is 1. The Kier molecular flexibility index (Phi) is 4.72. The van der Waals surface area contributed by atoms with Crippen LogP contribution in [0.15, 0.2) is 91.4 Å². The third-order valence-corrected chi connectivity index (χ3v) is 5.17. The molecule has 0 aliphatic heterocycles. The van der Waals surface area contributed by atoms with Gasteiger partial charge in [0, 0.05) is 35.5 Å². The number of pyridine rings is 1. The predicted octanol–water partition coefficient (Wildman–Crippen LogP) is 4.48. The Hall–Kier alpha value is -4.32. The van der Waals surface area contributed by atoms with Crippen molar-refractivity contribution >= 4 is 11.6 Å². The van der Waals surface area contributed by atoms with Gasteiger partial charge >= 0.3 is 0 Å². The molecule has 0 aliphatic rings. The molecule has 150 valence electrons. The zero-order valence-electron chi connectivity index (χ0n) is 16.9. The molecule has 0 unspecified atom stereocenters. The number of aromatic nitrogens is 4. The maximum Gasteiger partial charge on any atom is 0.251 e. The summed E-state index contributed by atoms with van der Waals surface area (Å²) in [5.74, 6) is -0.120. The van der Waals surface area contributed by atoms with Gasteiger partial charge in [0.2, 0.25) is 0 Å². The monoisotopic (exact) mass is 405 g/mol. The summed E-state index contributed by atoms with van der Waals surface area (Å²) in [5.41, 5.74) is 6.99. The van der Waals surface area contributed by atoms with Crippen molar-refractivity contribution in [2.45, 2.75) is 0 Å². The first-order valence-electron chi connectivity index (χ1n) is 9.91. The Balaban J connectivity index is 1.53. The SMILES string of the molecule is CNC(=O)c1cccc(-c2cnn3c(-c4ccnc(-c5ccccc5)c4)cnc3c2)c1. The number of nitrogens with zero attached hydrogens (tertiary/aromatic N) is 4. The van der Waals surface area contributed by atoms with Crippen molar-refractivity contribution in [1.82, 2.24) is 24.9 Å². The largest absolute Gasteiger partial charge is 0.355 e. The molecule has 0 fully saturated rings. The minimum absolute atomic E-state index is 0.120. The minimum Gasteiger partial charge on any atom is -0.355 e. The topological polar surface area (TPSA) is 72.2 Å². The van der Waals surface area contributed by atoms with E-state index in [9.17, 15) is 4.79 Å². The first-order valence-corrected chi connectivity index (χ1v) is 9.91. The van der Waals surface area contributed by atoms with Crippen LogP contribution in [0, 0.1) is 0 Å². The summed E-state index contributed by atoms with van der Waals surface area (Å²) in [6, 6.07) is 23.5. The molecule has 0 bridgehead atoms. The average molecular weight is 405 g/mol. The van der Waals surface area contributed by atoms with Crippen molar-refractivity contribution in [3.8, 4) is 33.6 Å². The van der Waals surface area contributed by atoms with E-state index in [4.69, 9.17) is 0 Å². The van der Waals surface area contributed by atoms with Gasteiger partial charge in [-0.2, -0.15) is 5.10 Å². The molecule has 0 saturated heterocycles. The van der Waals surface area contributed by atoms with Crippen LogP contribution in [-0.4, -0.2) is 32.5 Å². The van der Waals surface area contributed by atoms with Crippen LogP contribution >= 0.6 is 0 Å². The van der Waals surface area contributed by atoms with Gasteiger partial charge in [-0.3, -0.25) is 9.78 Å². The highest BCUT2D eigenvalue weighted by atomic mass is 16.1. The molecule has 5 aromatic rings. The Morgan fingerprint density at radius 1 is 0.806 bits per heavy atom. The molecule has 0 atom stereocenters. The highest BCUT2D eigenvalue weighted by molar-refractivity contribution is 5.95. The van der Waals surface area contributed by atoms with Crippen LogP contribution < -0.4 is 5.32 Å². The van der Waals surface area contributed by atoms with Gasteiger partial charge in [-0.1, -0.05) is 42.5 Å². The van der Waals surface area contributed by atoms with Gasteiger partial charge in [0.1, 0.15) is 0 Å².